The summed E-state index contributed by atoms with van der Waals surface area (Å²) in [5.41, 5.74) is -0.459. The van der Waals surface area contributed by atoms with E-state index in [2.05, 4.69) is 5.10 Å². The summed E-state index contributed by atoms with van der Waals surface area (Å²) >= 11 is 0. The minimum atomic E-state index is -0.459. The zero-order valence-corrected chi connectivity index (χ0v) is 14.4. The van der Waals surface area contributed by atoms with Gasteiger partial charge in [-0.15, -0.1) is 5.10 Å². The Hall–Kier alpha value is -1.76. The first-order valence-electron chi connectivity index (χ1n) is 8.04. The van der Waals surface area contributed by atoms with Crippen LogP contribution < -0.4 is 4.74 Å². The second-order valence-electron chi connectivity index (χ2n) is 6.69. The molecule has 1 aliphatic heterocycles. The summed E-state index contributed by atoms with van der Waals surface area (Å²) < 4.78 is 18.1. The van der Waals surface area contributed by atoms with Crippen molar-refractivity contribution in [2.45, 2.75) is 51.9 Å². The Bertz CT molecular complexity index is 502. The van der Waals surface area contributed by atoms with E-state index in [0.717, 1.165) is 12.8 Å². The molecule has 2 heterocycles. The molecule has 1 fully saturated rings. The molecule has 0 atom stereocenters. The Kier molecular flexibility index (Phi) is 5.87. The highest BCUT2D eigenvalue weighted by Gasteiger charge is 2.27. The van der Waals surface area contributed by atoms with E-state index in [9.17, 15) is 4.79 Å². The van der Waals surface area contributed by atoms with Crippen molar-refractivity contribution in [2.24, 2.45) is 0 Å². The van der Waals surface area contributed by atoms with Crippen LogP contribution in [0.3, 0.4) is 0 Å². The first kappa shape index (κ1) is 17.6. The van der Waals surface area contributed by atoms with Crippen molar-refractivity contribution in [3.8, 4) is 5.88 Å². The van der Waals surface area contributed by atoms with Gasteiger partial charge in [0.05, 0.1) is 13.2 Å². The van der Waals surface area contributed by atoms with Gasteiger partial charge in [-0.05, 0) is 20.8 Å². The minimum Gasteiger partial charge on any atom is -0.473 e. The van der Waals surface area contributed by atoms with Crippen LogP contribution in [-0.4, -0.2) is 59.3 Å². The Labute approximate surface area is 137 Å². The van der Waals surface area contributed by atoms with Gasteiger partial charge in [0.2, 0.25) is 5.88 Å². The molecule has 1 amide bonds. The van der Waals surface area contributed by atoms with Gasteiger partial charge in [-0.2, -0.15) is 0 Å². The van der Waals surface area contributed by atoms with Crippen LogP contribution >= 0.6 is 0 Å². The highest BCUT2D eigenvalue weighted by atomic mass is 16.6. The van der Waals surface area contributed by atoms with Gasteiger partial charge in [0, 0.05) is 45.3 Å². The number of amides is 1. The van der Waals surface area contributed by atoms with Crippen molar-refractivity contribution in [1.82, 2.24) is 14.7 Å². The van der Waals surface area contributed by atoms with Gasteiger partial charge in [-0.25, -0.2) is 4.79 Å². The number of hydrogen-bond acceptors (Lipinski definition) is 5. The summed E-state index contributed by atoms with van der Waals surface area (Å²) in [6, 6.07) is 1.86. The molecule has 23 heavy (non-hydrogen) atoms. The van der Waals surface area contributed by atoms with Gasteiger partial charge in [-0.3, -0.25) is 4.68 Å². The lowest BCUT2D eigenvalue weighted by molar-refractivity contribution is 0.0122. The van der Waals surface area contributed by atoms with Crippen molar-refractivity contribution < 1.29 is 19.0 Å². The molecule has 0 N–H and O–H groups in total. The lowest BCUT2D eigenvalue weighted by atomic mass is 10.1. The maximum Gasteiger partial charge on any atom is 0.410 e. The molecule has 0 aliphatic carbocycles. The van der Waals surface area contributed by atoms with E-state index >= 15 is 0 Å². The van der Waals surface area contributed by atoms with Crippen LogP contribution in [0.15, 0.2) is 12.3 Å². The standard InChI is InChI=1S/C16H27N3O4/c1-16(2,3)23-15(20)18-8-5-13(6-9-18)22-14-7-10-19(17-14)11-12-21-4/h7,10,13H,5-6,8-9,11-12H2,1-4H3. The molecule has 0 radical (unpaired) electrons. The number of hydrogen-bond donors (Lipinski definition) is 0. The molecule has 0 saturated carbocycles. The predicted octanol–water partition coefficient (Wildman–Crippen LogP) is 2.31. The third-order valence-electron chi connectivity index (χ3n) is 3.52. The third-order valence-corrected chi connectivity index (χ3v) is 3.52. The van der Waals surface area contributed by atoms with Crippen LogP contribution in [0.5, 0.6) is 5.88 Å². The Morgan fingerprint density at radius 1 is 1.35 bits per heavy atom. The topological polar surface area (TPSA) is 65.8 Å². The number of piperidine rings is 1. The van der Waals surface area contributed by atoms with Crippen LogP contribution in [0.2, 0.25) is 0 Å². The van der Waals surface area contributed by atoms with Crippen LogP contribution in [0, 0.1) is 0 Å². The zero-order chi connectivity index (χ0) is 16.9. The van der Waals surface area contributed by atoms with Crippen molar-refractivity contribution in [3.63, 3.8) is 0 Å². The second kappa shape index (κ2) is 7.68. The molecule has 1 saturated heterocycles. The number of carbonyl (C=O) groups is 1. The number of ether oxygens (including phenoxy) is 3. The summed E-state index contributed by atoms with van der Waals surface area (Å²) in [6.45, 7) is 8.24. The maximum absolute atomic E-state index is 12.0. The number of likely N-dealkylation sites (tertiary alicyclic amines) is 1. The fourth-order valence-electron chi connectivity index (χ4n) is 2.37. The number of methoxy groups -OCH3 is 1. The Balaban J connectivity index is 1.76. The predicted molar refractivity (Wildman–Crippen MR) is 85.6 cm³/mol. The summed E-state index contributed by atoms with van der Waals surface area (Å²) in [4.78, 5) is 13.8. The third kappa shape index (κ3) is 5.74. The van der Waals surface area contributed by atoms with Gasteiger partial charge < -0.3 is 19.1 Å². The highest BCUT2D eigenvalue weighted by molar-refractivity contribution is 5.68. The fraction of sp³-hybridized carbons (Fsp3) is 0.750. The number of carbonyl (C=O) groups excluding carboxylic acids is 1. The van der Waals surface area contributed by atoms with Crippen LogP contribution in [0.4, 0.5) is 4.79 Å². The van der Waals surface area contributed by atoms with Crippen molar-refractivity contribution in [3.05, 3.63) is 12.3 Å². The maximum atomic E-state index is 12.0. The molecule has 0 aromatic carbocycles. The number of nitrogens with zero attached hydrogens (tertiary/aromatic N) is 3. The van der Waals surface area contributed by atoms with E-state index < -0.39 is 5.60 Å². The van der Waals surface area contributed by atoms with Crippen molar-refractivity contribution >= 4 is 6.09 Å². The van der Waals surface area contributed by atoms with E-state index in [4.69, 9.17) is 14.2 Å². The summed E-state index contributed by atoms with van der Waals surface area (Å²) in [6.07, 6.45) is 3.28. The van der Waals surface area contributed by atoms with Crippen LogP contribution in [0.1, 0.15) is 33.6 Å². The molecular formula is C16H27N3O4. The van der Waals surface area contributed by atoms with Gasteiger partial charge in [-0.1, -0.05) is 0 Å². The lowest BCUT2D eigenvalue weighted by Crippen LogP contribution is -2.44. The van der Waals surface area contributed by atoms with Gasteiger partial charge >= 0.3 is 6.09 Å². The quantitative estimate of drug-likeness (QED) is 0.831. The Morgan fingerprint density at radius 3 is 2.65 bits per heavy atom. The molecule has 130 valence electrons. The Morgan fingerprint density at radius 2 is 2.04 bits per heavy atom. The molecule has 1 aliphatic rings. The van der Waals surface area contributed by atoms with Gasteiger partial charge in [0.1, 0.15) is 11.7 Å². The van der Waals surface area contributed by atoms with Crippen LogP contribution in [0.25, 0.3) is 0 Å². The first-order chi connectivity index (χ1) is 10.9. The normalized spacial score (nSPS) is 16.4. The molecule has 1 aromatic rings. The van der Waals surface area contributed by atoms with E-state index in [1.54, 1.807) is 16.7 Å². The summed E-state index contributed by atoms with van der Waals surface area (Å²) in [7, 11) is 1.67. The van der Waals surface area contributed by atoms with Gasteiger partial charge in [0.25, 0.3) is 0 Å². The number of rotatable bonds is 5. The van der Waals surface area contributed by atoms with Gasteiger partial charge in [0.15, 0.2) is 0 Å². The highest BCUT2D eigenvalue weighted by Crippen LogP contribution is 2.19. The van der Waals surface area contributed by atoms with Crippen molar-refractivity contribution in [1.29, 1.82) is 0 Å². The molecular weight excluding hydrogens is 298 g/mol. The second-order valence-corrected chi connectivity index (χ2v) is 6.69. The summed E-state index contributed by atoms with van der Waals surface area (Å²) in [5, 5.41) is 4.35. The smallest absolute Gasteiger partial charge is 0.410 e. The monoisotopic (exact) mass is 325 g/mol. The zero-order valence-electron chi connectivity index (χ0n) is 14.4. The largest absolute Gasteiger partial charge is 0.473 e. The van der Waals surface area contributed by atoms with E-state index in [-0.39, 0.29) is 12.2 Å². The van der Waals surface area contributed by atoms with E-state index in [1.807, 2.05) is 33.0 Å². The molecule has 7 heteroatoms. The molecule has 0 bridgehead atoms. The molecule has 2 rings (SSSR count). The number of aromatic nitrogens is 2. The molecule has 0 unspecified atom stereocenters. The average Bonchev–Trinajstić information content (AvgIpc) is 2.91. The SMILES string of the molecule is COCCn1ccc(OC2CCN(C(=O)OC(C)(C)C)CC2)n1. The summed E-state index contributed by atoms with van der Waals surface area (Å²) in [5.74, 6) is 0.622. The molecule has 0 spiro atoms. The fourth-order valence-corrected chi connectivity index (χ4v) is 2.37. The van der Waals surface area contributed by atoms with E-state index in [0.29, 0.717) is 32.1 Å². The van der Waals surface area contributed by atoms with Crippen LogP contribution in [-0.2, 0) is 16.0 Å². The minimum absolute atomic E-state index is 0.0828. The van der Waals surface area contributed by atoms with Crippen molar-refractivity contribution in [2.75, 3.05) is 26.8 Å². The molecule has 1 aromatic heterocycles. The average molecular weight is 325 g/mol. The first-order valence-corrected chi connectivity index (χ1v) is 8.04. The lowest BCUT2D eigenvalue weighted by Gasteiger charge is -2.33. The van der Waals surface area contributed by atoms with E-state index in [1.165, 1.54) is 0 Å². The molecule has 7 nitrogen and oxygen atoms in total.